The molecular weight excluding hydrogens is 220 g/mol. The van der Waals surface area contributed by atoms with Crippen LogP contribution in [0.3, 0.4) is 0 Å². The van der Waals surface area contributed by atoms with Gasteiger partial charge in [0.1, 0.15) is 11.6 Å². The zero-order valence-electron chi connectivity index (χ0n) is 9.76. The van der Waals surface area contributed by atoms with Crippen LogP contribution in [0.4, 0.5) is 5.82 Å². The van der Waals surface area contributed by atoms with Crippen LogP contribution in [0.1, 0.15) is 17.8 Å². The van der Waals surface area contributed by atoms with Gasteiger partial charge in [-0.05, 0) is 19.4 Å². The lowest BCUT2D eigenvalue weighted by molar-refractivity contribution is -0.117. The molecule has 1 aromatic heterocycles. The van der Waals surface area contributed by atoms with E-state index in [1.165, 1.54) is 0 Å². The van der Waals surface area contributed by atoms with Crippen molar-refractivity contribution in [3.05, 3.63) is 17.6 Å². The first-order valence-corrected chi connectivity index (χ1v) is 5.59. The summed E-state index contributed by atoms with van der Waals surface area (Å²) in [6.07, 6.45) is 2.01. The van der Waals surface area contributed by atoms with E-state index in [-0.39, 0.29) is 18.4 Å². The maximum Gasteiger partial charge on any atom is 0.228 e. The summed E-state index contributed by atoms with van der Waals surface area (Å²) in [4.78, 5) is 21.7. The average Bonchev–Trinajstić information content (AvgIpc) is 2.70. The van der Waals surface area contributed by atoms with E-state index in [1.807, 2.05) is 0 Å². The molecule has 1 unspecified atom stereocenters. The van der Waals surface area contributed by atoms with Crippen molar-refractivity contribution in [2.24, 2.45) is 11.7 Å². The van der Waals surface area contributed by atoms with Gasteiger partial charge in [-0.1, -0.05) is 0 Å². The topological polar surface area (TPSA) is 92.3 Å². The molecule has 0 aliphatic carbocycles. The number of aromatic nitrogens is 2. The number of anilines is 1. The summed E-state index contributed by atoms with van der Waals surface area (Å²) < 4.78 is 0. The molecule has 2 heterocycles. The predicted molar refractivity (Wildman–Crippen MR) is 62.2 cm³/mol. The van der Waals surface area contributed by atoms with Gasteiger partial charge in [-0.25, -0.2) is 9.97 Å². The highest BCUT2D eigenvalue weighted by atomic mass is 16.3. The van der Waals surface area contributed by atoms with E-state index in [1.54, 1.807) is 18.0 Å². The number of hydrogen-bond donors (Lipinski definition) is 2. The third-order valence-corrected chi connectivity index (χ3v) is 2.93. The van der Waals surface area contributed by atoms with Crippen molar-refractivity contribution in [3.8, 4) is 0 Å². The number of carbonyl (C=O) groups excluding carboxylic acids is 1. The Morgan fingerprint density at radius 1 is 1.65 bits per heavy atom. The van der Waals surface area contributed by atoms with Crippen molar-refractivity contribution >= 4 is 11.7 Å². The Kier molecular flexibility index (Phi) is 3.35. The Morgan fingerprint density at radius 2 is 2.41 bits per heavy atom. The first-order valence-electron chi connectivity index (χ1n) is 5.59. The number of hydrogen-bond acceptors (Lipinski definition) is 5. The predicted octanol–water partition coefficient (Wildman–Crippen LogP) is -0.411. The fourth-order valence-electron chi connectivity index (χ4n) is 1.97. The van der Waals surface area contributed by atoms with Crippen molar-refractivity contribution in [1.29, 1.82) is 0 Å². The molecule has 0 bridgehead atoms. The molecule has 3 N–H and O–H groups in total. The van der Waals surface area contributed by atoms with Crippen LogP contribution >= 0.6 is 0 Å². The second-order valence-corrected chi connectivity index (χ2v) is 4.23. The van der Waals surface area contributed by atoms with E-state index in [4.69, 9.17) is 5.73 Å². The quantitative estimate of drug-likeness (QED) is 0.744. The molecule has 17 heavy (non-hydrogen) atoms. The Labute approximate surface area is 99.5 Å². The molecule has 1 saturated heterocycles. The third kappa shape index (κ3) is 2.27. The van der Waals surface area contributed by atoms with Gasteiger partial charge in [0, 0.05) is 24.7 Å². The van der Waals surface area contributed by atoms with Gasteiger partial charge in [-0.15, -0.1) is 0 Å². The summed E-state index contributed by atoms with van der Waals surface area (Å²) in [7, 11) is 0. The highest BCUT2D eigenvalue weighted by molar-refractivity contribution is 5.95. The summed E-state index contributed by atoms with van der Waals surface area (Å²) in [5.41, 5.74) is 6.15. The van der Waals surface area contributed by atoms with Gasteiger partial charge >= 0.3 is 0 Å². The number of amides is 1. The maximum absolute atomic E-state index is 11.9. The van der Waals surface area contributed by atoms with Crippen molar-refractivity contribution in [2.45, 2.75) is 20.0 Å². The number of aryl methyl sites for hydroxylation is 1. The molecule has 0 radical (unpaired) electrons. The van der Waals surface area contributed by atoms with Crippen LogP contribution in [0.25, 0.3) is 0 Å². The number of aliphatic hydroxyl groups excluding tert-OH is 1. The van der Waals surface area contributed by atoms with E-state index < -0.39 is 0 Å². The van der Waals surface area contributed by atoms with Crippen LogP contribution < -0.4 is 10.6 Å². The first-order chi connectivity index (χ1) is 8.15. The molecule has 2 rings (SSSR count). The van der Waals surface area contributed by atoms with Gasteiger partial charge in [0.2, 0.25) is 5.91 Å². The van der Waals surface area contributed by atoms with Crippen LogP contribution in [-0.2, 0) is 11.4 Å². The first kappa shape index (κ1) is 11.9. The Hall–Kier alpha value is -1.53. The van der Waals surface area contributed by atoms with Gasteiger partial charge in [0.15, 0.2) is 0 Å². The van der Waals surface area contributed by atoms with Crippen molar-refractivity contribution in [3.63, 3.8) is 0 Å². The lowest BCUT2D eigenvalue weighted by Crippen LogP contribution is -2.28. The van der Waals surface area contributed by atoms with E-state index >= 15 is 0 Å². The number of nitrogens with two attached hydrogens (primary N) is 1. The molecule has 1 aliphatic rings. The van der Waals surface area contributed by atoms with Crippen LogP contribution in [0.5, 0.6) is 0 Å². The third-order valence-electron chi connectivity index (χ3n) is 2.93. The minimum Gasteiger partial charge on any atom is -0.391 e. The molecule has 1 amide bonds. The Balaban J connectivity index is 2.33. The van der Waals surface area contributed by atoms with Crippen molar-refractivity contribution in [2.75, 3.05) is 18.0 Å². The minimum absolute atomic E-state index is 0.00764. The largest absolute Gasteiger partial charge is 0.391 e. The van der Waals surface area contributed by atoms with Crippen molar-refractivity contribution < 1.29 is 9.90 Å². The fourth-order valence-corrected chi connectivity index (χ4v) is 1.97. The second kappa shape index (κ2) is 4.77. The summed E-state index contributed by atoms with van der Waals surface area (Å²) in [6.45, 7) is 2.64. The van der Waals surface area contributed by atoms with Gasteiger partial charge < -0.3 is 10.8 Å². The summed E-state index contributed by atoms with van der Waals surface area (Å²) in [5, 5.41) is 9.24. The van der Waals surface area contributed by atoms with Crippen LogP contribution in [0.15, 0.2) is 6.20 Å². The standard InChI is InChI=1S/C11H16N4O2/c1-7-13-4-9(6-16)11(14-7)15-5-8(3-12)2-10(15)17/h4,8,16H,2-3,5-6,12H2,1H3. The zero-order valence-corrected chi connectivity index (χ0v) is 9.76. The second-order valence-electron chi connectivity index (χ2n) is 4.23. The van der Waals surface area contributed by atoms with Crippen molar-refractivity contribution in [1.82, 2.24) is 9.97 Å². The zero-order chi connectivity index (χ0) is 12.4. The molecule has 1 atom stereocenters. The molecule has 1 fully saturated rings. The Bertz CT molecular complexity index is 435. The van der Waals surface area contributed by atoms with Gasteiger partial charge in [0.05, 0.1) is 6.61 Å². The lowest BCUT2D eigenvalue weighted by Gasteiger charge is -2.18. The van der Waals surface area contributed by atoms with Crippen LogP contribution in [0.2, 0.25) is 0 Å². The number of rotatable bonds is 3. The smallest absolute Gasteiger partial charge is 0.228 e. The molecule has 0 spiro atoms. The minimum atomic E-state index is -0.174. The summed E-state index contributed by atoms with van der Waals surface area (Å²) in [5.74, 6) is 1.28. The Morgan fingerprint density at radius 3 is 3.00 bits per heavy atom. The highest BCUT2D eigenvalue weighted by Gasteiger charge is 2.31. The molecule has 6 nitrogen and oxygen atoms in total. The monoisotopic (exact) mass is 236 g/mol. The number of nitrogens with zero attached hydrogens (tertiary/aromatic N) is 3. The molecule has 1 aliphatic heterocycles. The SMILES string of the molecule is Cc1ncc(CO)c(N2CC(CN)CC2=O)n1. The van der Waals surface area contributed by atoms with Gasteiger partial charge in [-0.3, -0.25) is 9.69 Å². The molecule has 1 aromatic rings. The lowest BCUT2D eigenvalue weighted by atomic mass is 10.1. The van der Waals surface area contributed by atoms with Gasteiger partial charge in [-0.2, -0.15) is 0 Å². The molecular formula is C11H16N4O2. The van der Waals surface area contributed by atoms with E-state index in [9.17, 15) is 9.90 Å². The summed E-state index contributed by atoms with van der Waals surface area (Å²) in [6, 6.07) is 0. The average molecular weight is 236 g/mol. The maximum atomic E-state index is 11.9. The van der Waals surface area contributed by atoms with E-state index in [0.29, 0.717) is 36.7 Å². The summed E-state index contributed by atoms with van der Waals surface area (Å²) >= 11 is 0. The molecule has 0 aromatic carbocycles. The normalized spacial score (nSPS) is 20.1. The molecule has 0 saturated carbocycles. The van der Waals surface area contributed by atoms with E-state index in [2.05, 4.69) is 9.97 Å². The van der Waals surface area contributed by atoms with E-state index in [0.717, 1.165) is 0 Å². The molecule has 6 heteroatoms. The van der Waals surface area contributed by atoms with Crippen LogP contribution in [0, 0.1) is 12.8 Å². The van der Waals surface area contributed by atoms with Gasteiger partial charge in [0.25, 0.3) is 0 Å². The molecule has 92 valence electrons. The number of carbonyl (C=O) groups is 1. The number of aliphatic hydroxyl groups is 1. The van der Waals surface area contributed by atoms with Crippen LogP contribution in [-0.4, -0.2) is 34.1 Å². The fraction of sp³-hybridized carbons (Fsp3) is 0.545. The highest BCUT2D eigenvalue weighted by Crippen LogP contribution is 2.25.